The van der Waals surface area contributed by atoms with Gasteiger partial charge in [-0.3, -0.25) is 5.43 Å². The molecule has 0 radical (unpaired) electrons. The minimum Gasteiger partial charge on any atom is -0.464 e. The second-order valence-corrected chi connectivity index (χ2v) is 6.56. The third-order valence-electron chi connectivity index (χ3n) is 4.37. The second-order valence-electron chi connectivity index (χ2n) is 6.56. The van der Waals surface area contributed by atoms with Crippen LogP contribution in [-0.2, 0) is 15.9 Å². The number of rotatable bonds is 4. The summed E-state index contributed by atoms with van der Waals surface area (Å²) < 4.78 is 12.1. The van der Waals surface area contributed by atoms with E-state index in [1.807, 2.05) is 52.8 Å². The number of nitrogens with one attached hydrogen (secondary N) is 2. The van der Waals surface area contributed by atoms with E-state index in [9.17, 15) is 4.79 Å². The molecule has 120 valence electrons. The maximum Gasteiger partial charge on any atom is 0.494 e. The zero-order valence-electron chi connectivity index (χ0n) is 13.7. The molecule has 1 aliphatic heterocycles. The van der Waals surface area contributed by atoms with Crippen LogP contribution in [0.4, 0.5) is 4.79 Å². The van der Waals surface area contributed by atoms with Crippen molar-refractivity contribution in [2.45, 2.75) is 52.4 Å². The van der Waals surface area contributed by atoms with Gasteiger partial charge in [0.15, 0.2) is 0 Å². The summed E-state index contributed by atoms with van der Waals surface area (Å²) in [6.45, 7) is 10.5. The van der Waals surface area contributed by atoms with Gasteiger partial charge in [-0.1, -0.05) is 18.2 Å². The molecular weight excluding hydrogens is 283 g/mol. The van der Waals surface area contributed by atoms with Crippen molar-refractivity contribution in [2.75, 3.05) is 0 Å². The van der Waals surface area contributed by atoms with Gasteiger partial charge in [-0.05, 0) is 51.2 Å². The Bertz CT molecular complexity index is 559. The van der Waals surface area contributed by atoms with Gasteiger partial charge in [0.05, 0.1) is 11.2 Å². The summed E-state index contributed by atoms with van der Waals surface area (Å²) in [5.41, 5.74) is 7.07. The van der Waals surface area contributed by atoms with Gasteiger partial charge in [0.2, 0.25) is 0 Å². The fourth-order valence-corrected chi connectivity index (χ4v) is 2.26. The van der Waals surface area contributed by atoms with Crippen LogP contribution in [0.25, 0.3) is 0 Å². The van der Waals surface area contributed by atoms with Gasteiger partial charge in [-0.15, -0.1) is 0 Å². The molecule has 22 heavy (non-hydrogen) atoms. The number of benzene rings is 1. The first-order chi connectivity index (χ1) is 10.1. The Morgan fingerprint density at radius 3 is 2.32 bits per heavy atom. The highest BCUT2D eigenvalue weighted by molar-refractivity contribution is 6.62. The predicted molar refractivity (Wildman–Crippen MR) is 84.9 cm³/mol. The molecule has 1 aliphatic rings. The fourth-order valence-electron chi connectivity index (χ4n) is 2.26. The van der Waals surface area contributed by atoms with Crippen molar-refractivity contribution in [3.8, 4) is 0 Å². The van der Waals surface area contributed by atoms with Gasteiger partial charge in [-0.25, -0.2) is 10.2 Å². The quantitative estimate of drug-likeness (QED) is 0.581. The van der Waals surface area contributed by atoms with Crippen molar-refractivity contribution in [1.29, 1.82) is 0 Å². The molecule has 0 aromatic heterocycles. The molecule has 0 unspecified atom stereocenters. The summed E-state index contributed by atoms with van der Waals surface area (Å²) in [7, 11) is -0.386. The number of carboxylic acid groups (broad SMARTS) is 1. The molecule has 0 aliphatic carbocycles. The van der Waals surface area contributed by atoms with Crippen LogP contribution >= 0.6 is 0 Å². The zero-order chi connectivity index (χ0) is 16.5. The average Bonchev–Trinajstić information content (AvgIpc) is 2.60. The number of carbonyl (C=O) groups is 1. The second kappa shape index (κ2) is 5.91. The highest BCUT2D eigenvalue weighted by Gasteiger charge is 2.51. The van der Waals surface area contributed by atoms with Crippen LogP contribution in [0.2, 0.25) is 0 Å². The van der Waals surface area contributed by atoms with Crippen LogP contribution in [0.15, 0.2) is 18.2 Å². The molecule has 0 atom stereocenters. The van der Waals surface area contributed by atoms with Crippen LogP contribution in [0.5, 0.6) is 0 Å². The van der Waals surface area contributed by atoms with Gasteiger partial charge < -0.3 is 14.4 Å². The van der Waals surface area contributed by atoms with E-state index in [-0.39, 0.29) is 18.3 Å². The van der Waals surface area contributed by atoms with Crippen LogP contribution in [0.3, 0.4) is 0 Å². The van der Waals surface area contributed by atoms with E-state index in [0.717, 1.165) is 16.6 Å². The number of amides is 1. The number of hydrogen-bond acceptors (Lipinski definition) is 4. The van der Waals surface area contributed by atoms with E-state index in [1.165, 1.54) is 0 Å². The van der Waals surface area contributed by atoms with Crippen molar-refractivity contribution < 1.29 is 19.2 Å². The number of hydrogen-bond donors (Lipinski definition) is 3. The molecule has 0 saturated carbocycles. The Morgan fingerprint density at radius 1 is 1.23 bits per heavy atom. The molecule has 6 nitrogen and oxygen atoms in total. The predicted octanol–water partition coefficient (Wildman–Crippen LogP) is 1.57. The Hall–Kier alpha value is -1.57. The minimum atomic E-state index is -1.11. The maximum absolute atomic E-state index is 10.4. The van der Waals surface area contributed by atoms with Gasteiger partial charge in [-0.2, -0.15) is 0 Å². The summed E-state index contributed by atoms with van der Waals surface area (Å²) in [4.78, 5) is 10.4. The molecule has 3 N–H and O–H groups in total. The van der Waals surface area contributed by atoms with Crippen molar-refractivity contribution in [3.63, 3.8) is 0 Å². The molecule has 0 spiro atoms. The smallest absolute Gasteiger partial charge is 0.464 e. The third kappa shape index (κ3) is 3.43. The molecule has 1 fully saturated rings. The summed E-state index contributed by atoms with van der Waals surface area (Å²) in [5.74, 6) is 0. The molecule has 2 rings (SSSR count). The molecule has 1 amide bonds. The van der Waals surface area contributed by atoms with Crippen molar-refractivity contribution in [1.82, 2.24) is 10.9 Å². The Kier molecular flexibility index (Phi) is 4.51. The van der Waals surface area contributed by atoms with Gasteiger partial charge in [0, 0.05) is 6.54 Å². The summed E-state index contributed by atoms with van der Waals surface area (Å²) in [6, 6.07) is 5.92. The Balaban J connectivity index is 2.09. The lowest BCUT2D eigenvalue weighted by Gasteiger charge is -2.32. The van der Waals surface area contributed by atoms with Crippen molar-refractivity contribution in [2.24, 2.45) is 0 Å². The van der Waals surface area contributed by atoms with E-state index in [4.69, 9.17) is 14.4 Å². The standard InChI is InChI=1S/C15H23BN2O4/c1-10-8-12(7-6-11(10)9-17-18-13(19)20)16-21-14(2,3)15(4,5)22-16/h6-8,17-18H,9H2,1-5H3,(H,19,20). The Morgan fingerprint density at radius 2 is 1.82 bits per heavy atom. The lowest BCUT2D eigenvalue weighted by molar-refractivity contribution is 0.00578. The molecular formula is C15H23BN2O4. The Labute approximate surface area is 131 Å². The monoisotopic (exact) mass is 306 g/mol. The highest BCUT2D eigenvalue weighted by atomic mass is 16.7. The molecule has 7 heteroatoms. The molecule has 0 bridgehead atoms. The zero-order valence-corrected chi connectivity index (χ0v) is 13.7. The van der Waals surface area contributed by atoms with Crippen LogP contribution < -0.4 is 16.3 Å². The SMILES string of the molecule is Cc1cc(B2OC(C)(C)C(C)(C)O2)ccc1CNNC(=O)O. The summed E-state index contributed by atoms with van der Waals surface area (Å²) in [6.07, 6.45) is -1.11. The van der Waals surface area contributed by atoms with E-state index in [0.29, 0.717) is 6.54 Å². The van der Waals surface area contributed by atoms with Gasteiger partial charge >= 0.3 is 13.2 Å². The normalized spacial score (nSPS) is 19.2. The van der Waals surface area contributed by atoms with E-state index >= 15 is 0 Å². The van der Waals surface area contributed by atoms with E-state index < -0.39 is 6.09 Å². The first kappa shape index (κ1) is 16.8. The summed E-state index contributed by atoms with van der Waals surface area (Å²) >= 11 is 0. The fraction of sp³-hybridized carbons (Fsp3) is 0.533. The van der Waals surface area contributed by atoms with E-state index in [1.54, 1.807) is 0 Å². The number of hydrazine groups is 1. The lowest BCUT2D eigenvalue weighted by atomic mass is 9.78. The first-order valence-corrected chi connectivity index (χ1v) is 7.29. The third-order valence-corrected chi connectivity index (χ3v) is 4.37. The van der Waals surface area contributed by atoms with Crippen molar-refractivity contribution >= 4 is 18.7 Å². The average molecular weight is 306 g/mol. The molecule has 1 heterocycles. The minimum absolute atomic E-state index is 0.364. The lowest BCUT2D eigenvalue weighted by Crippen LogP contribution is -2.41. The van der Waals surface area contributed by atoms with Crippen molar-refractivity contribution in [3.05, 3.63) is 29.3 Å². The largest absolute Gasteiger partial charge is 0.494 e. The number of aryl methyl sites for hydroxylation is 1. The first-order valence-electron chi connectivity index (χ1n) is 7.29. The topological polar surface area (TPSA) is 79.8 Å². The van der Waals surface area contributed by atoms with Crippen LogP contribution in [0, 0.1) is 6.92 Å². The van der Waals surface area contributed by atoms with Crippen LogP contribution in [0.1, 0.15) is 38.8 Å². The van der Waals surface area contributed by atoms with Gasteiger partial charge in [0.1, 0.15) is 0 Å². The van der Waals surface area contributed by atoms with Crippen LogP contribution in [-0.4, -0.2) is 29.5 Å². The summed E-state index contributed by atoms with van der Waals surface area (Å²) in [5, 5.41) is 8.54. The highest BCUT2D eigenvalue weighted by Crippen LogP contribution is 2.36. The maximum atomic E-state index is 10.4. The molecule has 1 saturated heterocycles. The molecule has 1 aromatic rings. The van der Waals surface area contributed by atoms with Gasteiger partial charge in [0.25, 0.3) is 0 Å². The molecule has 1 aromatic carbocycles. The van der Waals surface area contributed by atoms with E-state index in [2.05, 4.69) is 10.9 Å².